The molecule has 0 aliphatic heterocycles. The van der Waals surface area contributed by atoms with Crippen LogP contribution in [0.2, 0.25) is 0 Å². The first kappa shape index (κ1) is 19.5. The number of rotatable bonds is 8. The van der Waals surface area contributed by atoms with E-state index in [2.05, 4.69) is 58.0 Å². The van der Waals surface area contributed by atoms with Gasteiger partial charge in [0.05, 0.1) is 13.1 Å². The number of ether oxygens (including phenoxy) is 1. The van der Waals surface area contributed by atoms with Crippen molar-refractivity contribution in [3.63, 3.8) is 0 Å². The van der Waals surface area contributed by atoms with Gasteiger partial charge in [0.25, 0.3) is 0 Å². The Labute approximate surface area is 166 Å². The summed E-state index contributed by atoms with van der Waals surface area (Å²) in [6.45, 7) is 4.74. The Morgan fingerprint density at radius 3 is 2.68 bits per heavy atom. The fourth-order valence-corrected chi connectivity index (χ4v) is 2.90. The Morgan fingerprint density at radius 1 is 1.07 bits per heavy atom. The maximum Gasteiger partial charge on any atom is 0.191 e. The van der Waals surface area contributed by atoms with Crippen LogP contribution in [0.1, 0.15) is 16.7 Å². The fraction of sp³-hybridized carbons (Fsp3) is 0.273. The molecule has 146 valence electrons. The average Bonchev–Trinajstić information content (AvgIpc) is 3.22. The van der Waals surface area contributed by atoms with Crippen molar-refractivity contribution in [1.82, 2.24) is 20.4 Å². The maximum atomic E-state index is 5.77. The number of aromatic nitrogens is 2. The number of benzene rings is 2. The van der Waals surface area contributed by atoms with E-state index in [1.165, 1.54) is 16.7 Å². The van der Waals surface area contributed by atoms with Gasteiger partial charge in [-0.25, -0.2) is 0 Å². The molecule has 3 rings (SSSR count). The molecule has 2 aromatic carbocycles. The van der Waals surface area contributed by atoms with Crippen molar-refractivity contribution in [2.45, 2.75) is 20.0 Å². The zero-order valence-corrected chi connectivity index (χ0v) is 16.4. The number of aryl methyl sites for hydroxylation is 1. The van der Waals surface area contributed by atoms with Gasteiger partial charge in [-0.2, -0.15) is 5.10 Å². The van der Waals surface area contributed by atoms with Gasteiger partial charge in [-0.05, 0) is 41.8 Å². The summed E-state index contributed by atoms with van der Waals surface area (Å²) in [7, 11) is 1.77. The smallest absolute Gasteiger partial charge is 0.191 e. The molecule has 0 aliphatic carbocycles. The van der Waals surface area contributed by atoms with Gasteiger partial charge in [0, 0.05) is 26.0 Å². The molecular formula is C22H27N5O. The van der Waals surface area contributed by atoms with Crippen LogP contribution in [0.4, 0.5) is 0 Å². The lowest BCUT2D eigenvalue weighted by atomic mass is 10.1. The standard InChI is InChI=1S/C22H27N5O/c1-18-7-5-10-21(15-18)28-14-12-24-22(23-2)25-16-19-8-3-4-9-20(19)17-27-13-6-11-26-27/h3-11,13,15H,12,14,16-17H2,1-2H3,(H2,23,24,25). The first-order valence-corrected chi connectivity index (χ1v) is 9.43. The minimum Gasteiger partial charge on any atom is -0.492 e. The third-order valence-electron chi connectivity index (χ3n) is 4.33. The second-order valence-electron chi connectivity index (χ2n) is 6.49. The van der Waals surface area contributed by atoms with Crippen molar-refractivity contribution < 1.29 is 4.74 Å². The lowest BCUT2D eigenvalue weighted by Gasteiger charge is -2.15. The normalized spacial score (nSPS) is 11.3. The van der Waals surface area contributed by atoms with Crippen molar-refractivity contribution in [1.29, 1.82) is 0 Å². The van der Waals surface area contributed by atoms with E-state index in [0.29, 0.717) is 19.7 Å². The third-order valence-corrected chi connectivity index (χ3v) is 4.33. The monoisotopic (exact) mass is 377 g/mol. The van der Waals surface area contributed by atoms with Crippen LogP contribution in [0.3, 0.4) is 0 Å². The van der Waals surface area contributed by atoms with Crippen LogP contribution in [0, 0.1) is 6.92 Å². The number of hydrogen-bond donors (Lipinski definition) is 2. The van der Waals surface area contributed by atoms with E-state index in [-0.39, 0.29) is 0 Å². The summed E-state index contributed by atoms with van der Waals surface area (Å²) in [5.41, 5.74) is 3.64. The molecule has 0 radical (unpaired) electrons. The van der Waals surface area contributed by atoms with Gasteiger partial charge in [-0.15, -0.1) is 0 Å². The Morgan fingerprint density at radius 2 is 1.93 bits per heavy atom. The molecule has 1 aromatic heterocycles. The highest BCUT2D eigenvalue weighted by Gasteiger charge is 2.05. The summed E-state index contributed by atoms with van der Waals surface area (Å²) in [6.07, 6.45) is 3.77. The third kappa shape index (κ3) is 5.87. The Hall–Kier alpha value is -3.28. The van der Waals surface area contributed by atoms with Gasteiger partial charge in [0.1, 0.15) is 12.4 Å². The van der Waals surface area contributed by atoms with Gasteiger partial charge in [0.15, 0.2) is 5.96 Å². The van der Waals surface area contributed by atoms with E-state index in [0.717, 1.165) is 18.3 Å². The van der Waals surface area contributed by atoms with Crippen LogP contribution >= 0.6 is 0 Å². The van der Waals surface area contributed by atoms with E-state index < -0.39 is 0 Å². The minimum atomic E-state index is 0.569. The minimum absolute atomic E-state index is 0.569. The number of aliphatic imine (C=N–C) groups is 1. The van der Waals surface area contributed by atoms with Crippen molar-refractivity contribution in [2.24, 2.45) is 4.99 Å². The first-order valence-electron chi connectivity index (χ1n) is 9.43. The van der Waals surface area contributed by atoms with Crippen LogP contribution < -0.4 is 15.4 Å². The average molecular weight is 377 g/mol. The van der Waals surface area contributed by atoms with Gasteiger partial charge in [-0.3, -0.25) is 9.67 Å². The lowest BCUT2D eigenvalue weighted by Crippen LogP contribution is -2.39. The SMILES string of the molecule is CN=C(NCCOc1cccc(C)c1)NCc1ccccc1Cn1cccn1. The van der Waals surface area contributed by atoms with Crippen molar-refractivity contribution in [3.8, 4) is 5.75 Å². The summed E-state index contributed by atoms with van der Waals surface area (Å²) >= 11 is 0. The fourth-order valence-electron chi connectivity index (χ4n) is 2.90. The quantitative estimate of drug-likeness (QED) is 0.360. The van der Waals surface area contributed by atoms with Crippen LogP contribution in [0.15, 0.2) is 72.0 Å². The van der Waals surface area contributed by atoms with Crippen LogP contribution in [0.25, 0.3) is 0 Å². The highest BCUT2D eigenvalue weighted by atomic mass is 16.5. The van der Waals surface area contributed by atoms with Gasteiger partial charge < -0.3 is 15.4 Å². The highest BCUT2D eigenvalue weighted by molar-refractivity contribution is 5.79. The lowest BCUT2D eigenvalue weighted by molar-refractivity contribution is 0.321. The van der Waals surface area contributed by atoms with E-state index in [4.69, 9.17) is 4.74 Å². The highest BCUT2D eigenvalue weighted by Crippen LogP contribution is 2.12. The van der Waals surface area contributed by atoms with E-state index in [1.54, 1.807) is 13.2 Å². The molecular weight excluding hydrogens is 350 g/mol. The predicted octanol–water partition coefficient (Wildman–Crippen LogP) is 2.98. The number of hydrogen-bond acceptors (Lipinski definition) is 3. The molecule has 0 aliphatic rings. The van der Waals surface area contributed by atoms with Gasteiger partial charge in [0.2, 0.25) is 0 Å². The van der Waals surface area contributed by atoms with Crippen LogP contribution in [-0.2, 0) is 13.1 Å². The van der Waals surface area contributed by atoms with Crippen LogP contribution in [-0.4, -0.2) is 35.9 Å². The molecule has 6 heteroatoms. The largest absolute Gasteiger partial charge is 0.492 e. The molecule has 6 nitrogen and oxygen atoms in total. The first-order chi connectivity index (χ1) is 13.7. The molecule has 3 aromatic rings. The Balaban J connectivity index is 1.46. The molecule has 0 unspecified atom stereocenters. The van der Waals surface area contributed by atoms with Gasteiger partial charge >= 0.3 is 0 Å². The molecule has 0 saturated heterocycles. The number of nitrogens with one attached hydrogen (secondary N) is 2. The molecule has 2 N–H and O–H groups in total. The molecule has 0 amide bonds. The molecule has 1 heterocycles. The summed E-state index contributed by atoms with van der Waals surface area (Å²) in [5, 5.41) is 10.9. The molecule has 0 spiro atoms. The molecule has 0 saturated carbocycles. The zero-order valence-electron chi connectivity index (χ0n) is 16.4. The second-order valence-corrected chi connectivity index (χ2v) is 6.49. The van der Waals surface area contributed by atoms with E-state index >= 15 is 0 Å². The number of guanidine groups is 1. The predicted molar refractivity (Wildman–Crippen MR) is 113 cm³/mol. The molecule has 0 fully saturated rings. The van der Waals surface area contributed by atoms with Crippen LogP contribution in [0.5, 0.6) is 5.75 Å². The molecule has 0 atom stereocenters. The maximum absolute atomic E-state index is 5.77. The molecule has 0 bridgehead atoms. The van der Waals surface area contributed by atoms with Crippen molar-refractivity contribution >= 4 is 5.96 Å². The zero-order chi connectivity index (χ0) is 19.6. The van der Waals surface area contributed by atoms with Crippen molar-refractivity contribution in [3.05, 3.63) is 83.7 Å². The van der Waals surface area contributed by atoms with Gasteiger partial charge in [-0.1, -0.05) is 36.4 Å². The van der Waals surface area contributed by atoms with E-state index in [1.807, 2.05) is 35.1 Å². The summed E-state index contributed by atoms with van der Waals surface area (Å²) < 4.78 is 7.69. The molecule has 28 heavy (non-hydrogen) atoms. The topological polar surface area (TPSA) is 63.5 Å². The van der Waals surface area contributed by atoms with Crippen molar-refractivity contribution in [2.75, 3.05) is 20.2 Å². The van der Waals surface area contributed by atoms with E-state index in [9.17, 15) is 0 Å². The Bertz CT molecular complexity index is 889. The number of nitrogens with zero attached hydrogens (tertiary/aromatic N) is 3. The summed E-state index contributed by atoms with van der Waals surface area (Å²) in [4.78, 5) is 4.29. The summed E-state index contributed by atoms with van der Waals surface area (Å²) in [5.74, 6) is 1.64. The second kappa shape index (κ2) is 10.2. The Kier molecular flexibility index (Phi) is 7.07. The summed E-state index contributed by atoms with van der Waals surface area (Å²) in [6, 6.07) is 18.4.